The molecule has 1 N–H and O–H groups in total. The SMILES string of the molecule is C#CCN(Cc1cc2c(=O)[nH]c(C)nc2nc1C)c1ccc(C(C)=O)cc1. The molecule has 27 heavy (non-hydrogen) atoms. The lowest BCUT2D eigenvalue weighted by molar-refractivity contribution is 0.101. The predicted molar refractivity (Wildman–Crippen MR) is 106 cm³/mol. The van der Waals surface area contributed by atoms with E-state index in [-0.39, 0.29) is 11.3 Å². The maximum Gasteiger partial charge on any atom is 0.260 e. The molecule has 0 radical (unpaired) electrons. The molecule has 6 nitrogen and oxygen atoms in total. The predicted octanol–water partition coefficient (Wildman–Crippen LogP) is 2.78. The first-order valence-electron chi connectivity index (χ1n) is 8.55. The Morgan fingerprint density at radius 2 is 1.93 bits per heavy atom. The lowest BCUT2D eigenvalue weighted by Gasteiger charge is -2.23. The lowest BCUT2D eigenvalue weighted by Crippen LogP contribution is -2.24. The van der Waals surface area contributed by atoms with Gasteiger partial charge in [0.15, 0.2) is 11.4 Å². The smallest absolute Gasteiger partial charge is 0.260 e. The summed E-state index contributed by atoms with van der Waals surface area (Å²) in [4.78, 5) is 37.2. The zero-order valence-electron chi connectivity index (χ0n) is 15.5. The number of H-pyrrole nitrogens is 1. The molecular weight excluding hydrogens is 340 g/mol. The van der Waals surface area contributed by atoms with Crippen molar-refractivity contribution in [1.82, 2.24) is 15.0 Å². The van der Waals surface area contributed by atoms with E-state index >= 15 is 0 Å². The van der Waals surface area contributed by atoms with Crippen LogP contribution in [0, 0.1) is 26.2 Å². The highest BCUT2D eigenvalue weighted by atomic mass is 16.1. The van der Waals surface area contributed by atoms with E-state index in [9.17, 15) is 9.59 Å². The van der Waals surface area contributed by atoms with E-state index in [0.29, 0.717) is 35.5 Å². The Morgan fingerprint density at radius 1 is 1.22 bits per heavy atom. The molecule has 0 fully saturated rings. The zero-order valence-corrected chi connectivity index (χ0v) is 15.5. The number of hydrogen-bond donors (Lipinski definition) is 1. The minimum Gasteiger partial charge on any atom is -0.356 e. The number of fused-ring (bicyclic) bond motifs is 1. The van der Waals surface area contributed by atoms with E-state index in [1.807, 2.05) is 30.0 Å². The van der Waals surface area contributed by atoms with Gasteiger partial charge in [-0.15, -0.1) is 6.42 Å². The van der Waals surface area contributed by atoms with Crippen LogP contribution < -0.4 is 10.5 Å². The third-order valence-electron chi connectivity index (χ3n) is 4.39. The molecule has 0 aliphatic rings. The van der Waals surface area contributed by atoms with Gasteiger partial charge < -0.3 is 9.88 Å². The van der Waals surface area contributed by atoms with Crippen molar-refractivity contribution in [3.8, 4) is 12.3 Å². The van der Waals surface area contributed by atoms with Gasteiger partial charge in [-0.2, -0.15) is 0 Å². The summed E-state index contributed by atoms with van der Waals surface area (Å²) in [5.74, 6) is 3.21. The van der Waals surface area contributed by atoms with Crippen molar-refractivity contribution in [2.24, 2.45) is 0 Å². The molecule has 1 aromatic carbocycles. The molecule has 0 saturated heterocycles. The number of carbonyl (C=O) groups is 1. The van der Waals surface area contributed by atoms with Gasteiger partial charge in [-0.3, -0.25) is 9.59 Å². The number of nitrogens with zero attached hydrogens (tertiary/aromatic N) is 3. The van der Waals surface area contributed by atoms with Crippen LogP contribution in [0.15, 0.2) is 35.1 Å². The first-order chi connectivity index (χ1) is 12.9. The Hall–Kier alpha value is -3.46. The second-order valence-corrected chi connectivity index (χ2v) is 6.42. The quantitative estimate of drug-likeness (QED) is 0.559. The highest BCUT2D eigenvalue weighted by Gasteiger charge is 2.13. The number of aromatic nitrogens is 3. The number of ketones is 1. The van der Waals surface area contributed by atoms with Crippen molar-refractivity contribution in [3.63, 3.8) is 0 Å². The Labute approximate surface area is 157 Å². The van der Waals surface area contributed by atoms with E-state index < -0.39 is 0 Å². The van der Waals surface area contributed by atoms with Crippen LogP contribution in [0.1, 0.15) is 34.4 Å². The fourth-order valence-corrected chi connectivity index (χ4v) is 2.93. The largest absolute Gasteiger partial charge is 0.356 e. The fraction of sp³-hybridized carbons (Fsp3) is 0.238. The van der Waals surface area contributed by atoms with Crippen molar-refractivity contribution in [2.45, 2.75) is 27.3 Å². The minimum atomic E-state index is -0.208. The van der Waals surface area contributed by atoms with Gasteiger partial charge in [-0.1, -0.05) is 5.92 Å². The maximum absolute atomic E-state index is 12.2. The number of benzene rings is 1. The first kappa shape index (κ1) is 18.3. The summed E-state index contributed by atoms with van der Waals surface area (Å²) >= 11 is 0. The van der Waals surface area contributed by atoms with Gasteiger partial charge in [0.25, 0.3) is 5.56 Å². The third-order valence-corrected chi connectivity index (χ3v) is 4.39. The summed E-state index contributed by atoms with van der Waals surface area (Å²) in [6, 6.07) is 9.12. The molecule has 0 amide bonds. The van der Waals surface area contributed by atoms with Gasteiger partial charge in [0.2, 0.25) is 0 Å². The van der Waals surface area contributed by atoms with E-state index in [1.165, 1.54) is 6.92 Å². The van der Waals surface area contributed by atoms with E-state index in [4.69, 9.17) is 6.42 Å². The van der Waals surface area contributed by atoms with Crippen molar-refractivity contribution in [3.05, 3.63) is 63.3 Å². The molecule has 2 aromatic heterocycles. The normalized spacial score (nSPS) is 10.6. The van der Waals surface area contributed by atoms with Crippen LogP contribution >= 0.6 is 0 Å². The highest BCUT2D eigenvalue weighted by Crippen LogP contribution is 2.20. The Balaban J connectivity index is 1.99. The van der Waals surface area contributed by atoms with Crippen molar-refractivity contribution in [2.75, 3.05) is 11.4 Å². The highest BCUT2D eigenvalue weighted by molar-refractivity contribution is 5.94. The van der Waals surface area contributed by atoms with Crippen LogP contribution in [0.5, 0.6) is 0 Å². The molecule has 0 atom stereocenters. The van der Waals surface area contributed by atoms with Gasteiger partial charge in [0.1, 0.15) is 5.82 Å². The summed E-state index contributed by atoms with van der Waals surface area (Å²) in [6.45, 7) is 6.03. The summed E-state index contributed by atoms with van der Waals surface area (Å²) in [6.07, 6.45) is 5.54. The van der Waals surface area contributed by atoms with E-state index in [1.54, 1.807) is 19.1 Å². The number of carbonyl (C=O) groups excluding carboxylic acids is 1. The first-order valence-corrected chi connectivity index (χ1v) is 8.55. The average Bonchev–Trinajstić information content (AvgIpc) is 2.62. The Kier molecular flexibility index (Phi) is 5.04. The monoisotopic (exact) mass is 360 g/mol. The molecule has 0 saturated carbocycles. The number of anilines is 1. The fourth-order valence-electron chi connectivity index (χ4n) is 2.93. The van der Waals surface area contributed by atoms with Crippen LogP contribution in [0.3, 0.4) is 0 Å². The second kappa shape index (κ2) is 7.42. The van der Waals surface area contributed by atoms with Gasteiger partial charge in [0, 0.05) is 23.5 Å². The standard InChI is InChI=1S/C21H20N4O2/c1-5-10-25(18-8-6-16(7-9-18)14(3)26)12-17-11-19-20(22-13(17)2)23-15(4)24-21(19)27/h1,6-9,11H,10,12H2,2-4H3,(H,22,23,24,27). The summed E-state index contributed by atoms with van der Waals surface area (Å²) < 4.78 is 0. The molecule has 0 bridgehead atoms. The van der Waals surface area contributed by atoms with Crippen molar-refractivity contribution < 1.29 is 4.79 Å². The van der Waals surface area contributed by atoms with Crippen molar-refractivity contribution >= 4 is 22.5 Å². The second-order valence-electron chi connectivity index (χ2n) is 6.42. The molecule has 0 spiro atoms. The van der Waals surface area contributed by atoms with Gasteiger partial charge in [-0.25, -0.2) is 9.97 Å². The number of pyridine rings is 1. The third kappa shape index (κ3) is 3.87. The lowest BCUT2D eigenvalue weighted by atomic mass is 10.1. The van der Waals surface area contributed by atoms with Gasteiger partial charge in [0.05, 0.1) is 11.9 Å². The number of aryl methyl sites for hydroxylation is 2. The number of nitrogens with one attached hydrogen (secondary N) is 1. The molecular formula is C21H20N4O2. The molecule has 0 unspecified atom stereocenters. The van der Waals surface area contributed by atoms with E-state index in [0.717, 1.165) is 16.9 Å². The summed E-state index contributed by atoms with van der Waals surface area (Å²) in [7, 11) is 0. The zero-order chi connectivity index (χ0) is 19.6. The Morgan fingerprint density at radius 3 is 2.56 bits per heavy atom. The summed E-state index contributed by atoms with van der Waals surface area (Å²) in [5, 5.41) is 0.453. The van der Waals surface area contributed by atoms with Crippen LogP contribution in [0.2, 0.25) is 0 Å². The van der Waals surface area contributed by atoms with Crippen molar-refractivity contribution in [1.29, 1.82) is 0 Å². The molecule has 0 aliphatic carbocycles. The molecule has 6 heteroatoms. The topological polar surface area (TPSA) is 79.0 Å². The van der Waals surface area contributed by atoms with Gasteiger partial charge in [-0.05, 0) is 56.7 Å². The molecule has 0 aliphatic heterocycles. The number of terminal acetylenes is 1. The molecule has 136 valence electrons. The average molecular weight is 360 g/mol. The Bertz CT molecular complexity index is 1110. The number of rotatable bonds is 5. The molecule has 3 aromatic rings. The number of hydrogen-bond acceptors (Lipinski definition) is 5. The number of aromatic amines is 1. The minimum absolute atomic E-state index is 0.0154. The van der Waals surface area contributed by atoms with Crippen LogP contribution in [0.4, 0.5) is 5.69 Å². The van der Waals surface area contributed by atoms with Gasteiger partial charge >= 0.3 is 0 Å². The maximum atomic E-state index is 12.2. The van der Waals surface area contributed by atoms with Crippen LogP contribution in [0.25, 0.3) is 11.0 Å². The summed E-state index contributed by atoms with van der Waals surface area (Å²) in [5.41, 5.74) is 3.46. The molecule has 3 rings (SSSR count). The van der Waals surface area contributed by atoms with Crippen LogP contribution in [-0.2, 0) is 6.54 Å². The van der Waals surface area contributed by atoms with Crippen LogP contribution in [-0.4, -0.2) is 27.3 Å². The van der Waals surface area contributed by atoms with E-state index in [2.05, 4.69) is 20.9 Å². The number of Topliss-reactive ketones (excluding diaryl/α,β-unsaturated/α-hetero) is 1. The molecule has 2 heterocycles.